The maximum absolute atomic E-state index is 9.83. The molecule has 2 aromatic rings. The first-order chi connectivity index (χ1) is 9.02. The molecule has 0 radical (unpaired) electrons. The molecule has 0 saturated carbocycles. The van der Waals surface area contributed by atoms with Crippen molar-refractivity contribution in [3.05, 3.63) is 23.0 Å². The van der Waals surface area contributed by atoms with Gasteiger partial charge in [0.1, 0.15) is 0 Å². The van der Waals surface area contributed by atoms with Crippen molar-refractivity contribution >= 4 is 12.2 Å². The van der Waals surface area contributed by atoms with Crippen LogP contribution in [0.4, 0.5) is 0 Å². The van der Waals surface area contributed by atoms with E-state index in [4.69, 9.17) is 17.0 Å². The fourth-order valence-electron chi connectivity index (χ4n) is 1.90. The summed E-state index contributed by atoms with van der Waals surface area (Å²) in [6.45, 7) is 5.01. The van der Waals surface area contributed by atoms with Crippen LogP contribution in [0.1, 0.15) is 13.8 Å². The lowest BCUT2D eigenvalue weighted by molar-refractivity contribution is 0.373. The monoisotopic (exact) mass is 279 g/mol. The summed E-state index contributed by atoms with van der Waals surface area (Å²) >= 11 is 5.23. The van der Waals surface area contributed by atoms with Crippen LogP contribution < -0.4 is 4.74 Å². The number of H-pyrrole nitrogens is 1. The molecule has 1 aromatic heterocycles. The average molecular weight is 279 g/mol. The number of phenolic OH excluding ortho intramolecular Hbond substituents is 1. The quantitative estimate of drug-likeness (QED) is 0.845. The molecule has 0 aliphatic carbocycles. The van der Waals surface area contributed by atoms with E-state index in [2.05, 4.69) is 24.0 Å². The summed E-state index contributed by atoms with van der Waals surface area (Å²) in [6.07, 6.45) is 0. The molecule has 2 N–H and O–H groups in total. The molecule has 102 valence electrons. The number of methoxy groups -OCH3 is 1. The van der Waals surface area contributed by atoms with E-state index in [0.29, 0.717) is 16.4 Å². The minimum atomic E-state index is 0.0880. The number of hydrogen-bond acceptors (Lipinski definition) is 4. The van der Waals surface area contributed by atoms with Gasteiger partial charge in [0.25, 0.3) is 0 Å². The van der Waals surface area contributed by atoms with Gasteiger partial charge in [0.05, 0.1) is 7.11 Å². The average Bonchev–Trinajstić information content (AvgIpc) is 2.70. The van der Waals surface area contributed by atoms with Gasteiger partial charge in [-0.2, -0.15) is 5.10 Å². The number of nitrogens with zero attached hydrogens (tertiary/aromatic N) is 2. The van der Waals surface area contributed by atoms with Crippen LogP contribution in [0.2, 0.25) is 0 Å². The SMILES string of the molecule is COc1ccc(-c2n[nH]c(=S)n2CC(C)C)cc1O. The predicted octanol–water partition coefficient (Wildman–Crippen LogP) is 2.98. The van der Waals surface area contributed by atoms with E-state index in [9.17, 15) is 5.11 Å². The number of nitrogens with one attached hydrogen (secondary N) is 1. The first kappa shape index (κ1) is 13.6. The minimum absolute atomic E-state index is 0.0880. The Balaban J connectivity index is 2.47. The molecule has 0 atom stereocenters. The molecule has 0 fully saturated rings. The van der Waals surface area contributed by atoms with Crippen LogP contribution in [0, 0.1) is 10.7 Å². The highest BCUT2D eigenvalue weighted by molar-refractivity contribution is 7.71. The van der Waals surface area contributed by atoms with Gasteiger partial charge in [0, 0.05) is 12.1 Å². The fourth-order valence-corrected chi connectivity index (χ4v) is 2.11. The number of aromatic nitrogens is 3. The van der Waals surface area contributed by atoms with Gasteiger partial charge >= 0.3 is 0 Å². The smallest absolute Gasteiger partial charge is 0.195 e. The maximum Gasteiger partial charge on any atom is 0.195 e. The maximum atomic E-state index is 9.83. The van der Waals surface area contributed by atoms with Crippen LogP contribution in [0.5, 0.6) is 11.5 Å². The van der Waals surface area contributed by atoms with Crippen molar-refractivity contribution in [3.63, 3.8) is 0 Å². The highest BCUT2D eigenvalue weighted by Gasteiger charge is 2.12. The van der Waals surface area contributed by atoms with Crippen molar-refractivity contribution in [1.82, 2.24) is 14.8 Å². The number of hydrogen-bond donors (Lipinski definition) is 2. The molecule has 0 bridgehead atoms. The van der Waals surface area contributed by atoms with Crippen molar-refractivity contribution in [2.45, 2.75) is 20.4 Å². The molecule has 0 amide bonds. The Morgan fingerprint density at radius 3 is 2.79 bits per heavy atom. The number of aromatic hydroxyl groups is 1. The van der Waals surface area contributed by atoms with Crippen LogP contribution in [0.3, 0.4) is 0 Å². The molecule has 1 aromatic carbocycles. The van der Waals surface area contributed by atoms with Gasteiger partial charge in [-0.25, -0.2) is 0 Å². The molecule has 0 saturated heterocycles. The second-order valence-corrected chi connectivity index (χ2v) is 5.13. The van der Waals surface area contributed by atoms with Gasteiger partial charge in [-0.1, -0.05) is 13.8 Å². The van der Waals surface area contributed by atoms with E-state index in [1.165, 1.54) is 7.11 Å². The lowest BCUT2D eigenvalue weighted by Gasteiger charge is -2.10. The first-order valence-corrected chi connectivity index (χ1v) is 6.46. The second kappa shape index (κ2) is 5.44. The van der Waals surface area contributed by atoms with Gasteiger partial charge < -0.3 is 9.84 Å². The van der Waals surface area contributed by atoms with Crippen LogP contribution in [-0.2, 0) is 6.54 Å². The molecule has 0 spiro atoms. The van der Waals surface area contributed by atoms with Crippen molar-refractivity contribution in [2.75, 3.05) is 7.11 Å². The van der Waals surface area contributed by atoms with Crippen LogP contribution in [0.15, 0.2) is 18.2 Å². The zero-order valence-electron chi connectivity index (χ0n) is 11.2. The number of rotatable bonds is 4. The Kier molecular flexibility index (Phi) is 3.90. The lowest BCUT2D eigenvalue weighted by Crippen LogP contribution is -2.06. The normalized spacial score (nSPS) is 10.9. The molecular weight excluding hydrogens is 262 g/mol. The summed E-state index contributed by atoms with van der Waals surface area (Å²) < 4.78 is 7.54. The largest absolute Gasteiger partial charge is 0.504 e. The lowest BCUT2D eigenvalue weighted by atomic mass is 10.1. The van der Waals surface area contributed by atoms with Crippen LogP contribution in [-0.4, -0.2) is 27.0 Å². The van der Waals surface area contributed by atoms with E-state index >= 15 is 0 Å². The predicted molar refractivity (Wildman–Crippen MR) is 75.9 cm³/mol. The van der Waals surface area contributed by atoms with Gasteiger partial charge in [0.15, 0.2) is 22.1 Å². The fraction of sp³-hybridized carbons (Fsp3) is 0.385. The van der Waals surface area contributed by atoms with Crippen molar-refractivity contribution < 1.29 is 9.84 Å². The van der Waals surface area contributed by atoms with Crippen LogP contribution >= 0.6 is 12.2 Å². The van der Waals surface area contributed by atoms with E-state index in [-0.39, 0.29) is 5.75 Å². The van der Waals surface area contributed by atoms with Crippen molar-refractivity contribution in [3.8, 4) is 22.9 Å². The molecular formula is C13H17N3O2S. The topological polar surface area (TPSA) is 63.1 Å². The molecule has 1 heterocycles. The third kappa shape index (κ3) is 2.78. The molecule has 0 unspecified atom stereocenters. The Morgan fingerprint density at radius 2 is 2.21 bits per heavy atom. The van der Waals surface area contributed by atoms with E-state index < -0.39 is 0 Å². The Bertz CT molecular complexity index is 631. The van der Waals surface area contributed by atoms with Gasteiger partial charge in [-0.05, 0) is 36.3 Å². The van der Waals surface area contributed by atoms with Crippen LogP contribution in [0.25, 0.3) is 11.4 Å². The zero-order valence-corrected chi connectivity index (χ0v) is 12.0. The second-order valence-electron chi connectivity index (χ2n) is 4.74. The number of ether oxygens (including phenoxy) is 1. The number of phenols is 1. The van der Waals surface area contributed by atoms with E-state index in [1.54, 1.807) is 12.1 Å². The highest BCUT2D eigenvalue weighted by atomic mass is 32.1. The summed E-state index contributed by atoms with van der Waals surface area (Å²) in [5, 5.41) is 16.9. The van der Waals surface area contributed by atoms with Crippen molar-refractivity contribution in [2.24, 2.45) is 5.92 Å². The van der Waals surface area contributed by atoms with Gasteiger partial charge in [-0.3, -0.25) is 9.67 Å². The zero-order chi connectivity index (χ0) is 14.0. The molecule has 19 heavy (non-hydrogen) atoms. The Morgan fingerprint density at radius 1 is 1.47 bits per heavy atom. The van der Waals surface area contributed by atoms with Gasteiger partial charge in [0.2, 0.25) is 0 Å². The number of benzene rings is 1. The minimum Gasteiger partial charge on any atom is -0.504 e. The Labute approximate surface area is 116 Å². The highest BCUT2D eigenvalue weighted by Crippen LogP contribution is 2.30. The third-order valence-electron chi connectivity index (χ3n) is 2.74. The van der Waals surface area contributed by atoms with E-state index in [0.717, 1.165) is 17.9 Å². The van der Waals surface area contributed by atoms with Crippen molar-refractivity contribution in [1.29, 1.82) is 0 Å². The van der Waals surface area contributed by atoms with Gasteiger partial charge in [-0.15, -0.1) is 0 Å². The molecule has 0 aliphatic heterocycles. The summed E-state index contributed by atoms with van der Waals surface area (Å²) in [4.78, 5) is 0. The summed E-state index contributed by atoms with van der Waals surface area (Å²) in [5.74, 6) is 1.70. The number of aromatic amines is 1. The molecule has 5 nitrogen and oxygen atoms in total. The molecule has 2 rings (SSSR count). The summed E-state index contributed by atoms with van der Waals surface area (Å²) in [7, 11) is 1.52. The summed E-state index contributed by atoms with van der Waals surface area (Å²) in [6, 6.07) is 5.18. The standard InChI is InChI=1S/C13H17N3O2S/c1-8(2)7-16-12(14-15-13(16)19)9-4-5-11(18-3)10(17)6-9/h4-6,8,17H,7H2,1-3H3,(H,15,19). The third-order valence-corrected chi connectivity index (χ3v) is 3.05. The summed E-state index contributed by atoms with van der Waals surface area (Å²) in [5.41, 5.74) is 0.798. The first-order valence-electron chi connectivity index (χ1n) is 6.05. The molecule has 6 heteroatoms. The van der Waals surface area contributed by atoms with E-state index in [1.807, 2.05) is 10.6 Å². The molecule has 0 aliphatic rings. The Hall–Kier alpha value is -1.82.